The molecule has 0 N–H and O–H groups in total. The maximum Gasteiger partial charge on any atom is 0.140 e. The Hall–Kier alpha value is -2.32. The predicted molar refractivity (Wildman–Crippen MR) is 88.7 cm³/mol. The van der Waals surface area contributed by atoms with E-state index < -0.39 is 0 Å². The van der Waals surface area contributed by atoms with Crippen molar-refractivity contribution < 1.29 is 0 Å². The molecule has 0 bridgehead atoms. The average Bonchev–Trinajstić information content (AvgIpc) is 2.85. The zero-order valence-corrected chi connectivity index (χ0v) is 12.3. The molecule has 2 nitrogen and oxygen atoms in total. The van der Waals surface area contributed by atoms with E-state index in [1.54, 1.807) is 0 Å². The lowest BCUT2D eigenvalue weighted by molar-refractivity contribution is 0.959. The zero-order valence-electron chi connectivity index (χ0n) is 11.5. The number of hydrogen-bond donors (Lipinski definition) is 0. The largest absolute Gasteiger partial charge is 0.327 e. The monoisotopic (exact) mass is 292 g/mol. The highest BCUT2D eigenvalue weighted by Crippen LogP contribution is 2.29. The Morgan fingerprint density at radius 3 is 2.67 bits per heavy atom. The van der Waals surface area contributed by atoms with E-state index in [1.165, 1.54) is 10.8 Å². The normalized spacial score (nSPS) is 11.3. The van der Waals surface area contributed by atoms with Crippen LogP contribution in [0, 0.1) is 0 Å². The van der Waals surface area contributed by atoms with Gasteiger partial charge < -0.3 is 4.57 Å². The van der Waals surface area contributed by atoms with Crippen LogP contribution in [0.3, 0.4) is 0 Å². The summed E-state index contributed by atoms with van der Waals surface area (Å²) in [6.07, 6.45) is 0. The smallest absolute Gasteiger partial charge is 0.140 e. The lowest BCUT2D eigenvalue weighted by Gasteiger charge is -2.03. The second-order valence-corrected chi connectivity index (χ2v) is 5.60. The highest BCUT2D eigenvalue weighted by molar-refractivity contribution is 6.30. The molecule has 102 valence electrons. The van der Waals surface area contributed by atoms with Crippen molar-refractivity contribution in [1.82, 2.24) is 9.55 Å². The number of benzene rings is 3. The third kappa shape index (κ3) is 1.91. The summed E-state index contributed by atoms with van der Waals surface area (Å²) < 4.78 is 2.12. The summed E-state index contributed by atoms with van der Waals surface area (Å²) in [6.45, 7) is 0. The van der Waals surface area contributed by atoms with E-state index in [1.807, 2.05) is 31.3 Å². The van der Waals surface area contributed by atoms with Crippen LogP contribution in [0.5, 0.6) is 0 Å². The van der Waals surface area contributed by atoms with E-state index in [0.717, 1.165) is 27.4 Å². The number of rotatable bonds is 1. The zero-order chi connectivity index (χ0) is 14.4. The van der Waals surface area contributed by atoms with Gasteiger partial charge in [0, 0.05) is 23.0 Å². The van der Waals surface area contributed by atoms with Gasteiger partial charge in [0.25, 0.3) is 0 Å². The van der Waals surface area contributed by atoms with Crippen LogP contribution in [0.4, 0.5) is 0 Å². The van der Waals surface area contributed by atoms with Crippen LogP contribution in [-0.4, -0.2) is 9.55 Å². The Balaban J connectivity index is 2.08. The van der Waals surface area contributed by atoms with Crippen LogP contribution in [0.15, 0.2) is 60.7 Å². The molecular weight excluding hydrogens is 280 g/mol. The number of nitrogens with zero attached hydrogens (tertiary/aromatic N) is 2. The molecule has 3 heteroatoms. The van der Waals surface area contributed by atoms with Crippen LogP contribution in [0.25, 0.3) is 33.2 Å². The first-order valence-corrected chi connectivity index (χ1v) is 7.22. The Morgan fingerprint density at radius 1 is 0.952 bits per heavy atom. The van der Waals surface area contributed by atoms with Crippen molar-refractivity contribution in [3.05, 3.63) is 65.7 Å². The highest BCUT2D eigenvalue weighted by atomic mass is 35.5. The van der Waals surface area contributed by atoms with Crippen molar-refractivity contribution >= 4 is 33.4 Å². The van der Waals surface area contributed by atoms with Crippen LogP contribution < -0.4 is 0 Å². The van der Waals surface area contributed by atoms with Crippen LogP contribution >= 0.6 is 11.6 Å². The fourth-order valence-corrected chi connectivity index (χ4v) is 3.00. The van der Waals surface area contributed by atoms with Crippen molar-refractivity contribution in [3.63, 3.8) is 0 Å². The van der Waals surface area contributed by atoms with E-state index in [2.05, 4.69) is 41.0 Å². The maximum atomic E-state index is 6.10. The number of hydrogen-bond acceptors (Lipinski definition) is 1. The molecule has 4 rings (SSSR count). The van der Waals surface area contributed by atoms with Crippen LogP contribution in [0.1, 0.15) is 0 Å². The van der Waals surface area contributed by atoms with Gasteiger partial charge in [-0.05, 0) is 23.6 Å². The Kier molecular flexibility index (Phi) is 2.72. The van der Waals surface area contributed by atoms with E-state index in [0.29, 0.717) is 0 Å². The second kappa shape index (κ2) is 4.61. The number of aryl methyl sites for hydroxylation is 1. The summed E-state index contributed by atoms with van der Waals surface area (Å²) in [7, 11) is 2.04. The topological polar surface area (TPSA) is 17.8 Å². The van der Waals surface area contributed by atoms with Crippen LogP contribution in [0.2, 0.25) is 5.02 Å². The quantitative estimate of drug-likeness (QED) is 0.480. The molecule has 1 aromatic heterocycles. The van der Waals surface area contributed by atoms with Crippen LogP contribution in [-0.2, 0) is 7.05 Å². The van der Waals surface area contributed by atoms with Gasteiger partial charge in [-0.1, -0.05) is 54.1 Å². The molecule has 0 saturated carbocycles. The molecule has 0 radical (unpaired) electrons. The van der Waals surface area contributed by atoms with Gasteiger partial charge in [-0.2, -0.15) is 0 Å². The molecule has 0 fully saturated rings. The third-order valence-corrected chi connectivity index (χ3v) is 4.09. The van der Waals surface area contributed by atoms with Gasteiger partial charge in [0.1, 0.15) is 5.82 Å². The van der Waals surface area contributed by atoms with Gasteiger partial charge in [-0.15, -0.1) is 0 Å². The van der Waals surface area contributed by atoms with Crippen molar-refractivity contribution in [2.75, 3.05) is 0 Å². The van der Waals surface area contributed by atoms with Gasteiger partial charge >= 0.3 is 0 Å². The first-order chi connectivity index (χ1) is 10.2. The molecule has 0 saturated heterocycles. The fraction of sp³-hybridized carbons (Fsp3) is 0.0556. The number of imidazole rings is 1. The minimum Gasteiger partial charge on any atom is -0.327 e. The Bertz CT molecular complexity index is 969. The average molecular weight is 293 g/mol. The molecule has 0 aliphatic heterocycles. The molecule has 0 amide bonds. The molecule has 3 aromatic carbocycles. The number of aromatic nitrogens is 2. The fourth-order valence-electron chi connectivity index (χ4n) is 2.81. The lowest BCUT2D eigenvalue weighted by atomic mass is 10.1. The van der Waals surface area contributed by atoms with E-state index in [4.69, 9.17) is 16.6 Å². The molecule has 0 atom stereocenters. The molecule has 0 aliphatic carbocycles. The predicted octanol–water partition coefficient (Wildman–Crippen LogP) is 5.05. The molecule has 0 unspecified atom stereocenters. The summed E-state index contributed by atoms with van der Waals surface area (Å²) >= 11 is 6.10. The number of fused-ring (bicyclic) bond motifs is 3. The minimum atomic E-state index is 0.726. The van der Waals surface area contributed by atoms with Crippen molar-refractivity contribution in [2.24, 2.45) is 7.05 Å². The molecule has 0 aliphatic rings. The van der Waals surface area contributed by atoms with E-state index in [-0.39, 0.29) is 0 Å². The lowest BCUT2D eigenvalue weighted by Crippen LogP contribution is -1.92. The van der Waals surface area contributed by atoms with Crippen molar-refractivity contribution in [1.29, 1.82) is 0 Å². The van der Waals surface area contributed by atoms with Gasteiger partial charge in [0.2, 0.25) is 0 Å². The standard InChI is InChI=1S/C18H13ClN2/c1-21-16-10-9-12-5-2-3-8-15(12)17(16)20-18(21)13-6-4-7-14(19)11-13/h2-11H,1H3. The SMILES string of the molecule is Cn1c(-c2cccc(Cl)c2)nc2c3ccccc3ccc21. The Morgan fingerprint density at radius 2 is 1.81 bits per heavy atom. The molecular formula is C18H13ClN2. The van der Waals surface area contributed by atoms with Crippen molar-refractivity contribution in [2.45, 2.75) is 0 Å². The number of halogens is 1. The molecule has 21 heavy (non-hydrogen) atoms. The Labute approximate surface area is 127 Å². The van der Waals surface area contributed by atoms with Gasteiger partial charge in [0.05, 0.1) is 11.0 Å². The van der Waals surface area contributed by atoms with E-state index in [9.17, 15) is 0 Å². The minimum absolute atomic E-state index is 0.726. The third-order valence-electron chi connectivity index (χ3n) is 3.86. The first kappa shape index (κ1) is 12.4. The van der Waals surface area contributed by atoms with Gasteiger partial charge in [-0.3, -0.25) is 0 Å². The highest BCUT2D eigenvalue weighted by Gasteiger charge is 2.12. The molecule has 0 spiro atoms. The first-order valence-electron chi connectivity index (χ1n) is 6.84. The summed E-state index contributed by atoms with van der Waals surface area (Å²) in [5, 5.41) is 3.11. The summed E-state index contributed by atoms with van der Waals surface area (Å²) in [4.78, 5) is 4.86. The summed E-state index contributed by atoms with van der Waals surface area (Å²) in [6, 6.07) is 20.4. The van der Waals surface area contributed by atoms with Crippen molar-refractivity contribution in [3.8, 4) is 11.4 Å². The summed E-state index contributed by atoms with van der Waals surface area (Å²) in [5.41, 5.74) is 3.19. The summed E-state index contributed by atoms with van der Waals surface area (Å²) in [5.74, 6) is 0.934. The van der Waals surface area contributed by atoms with Gasteiger partial charge in [0.15, 0.2) is 0 Å². The molecule has 1 heterocycles. The molecule has 4 aromatic rings. The van der Waals surface area contributed by atoms with Gasteiger partial charge in [-0.25, -0.2) is 4.98 Å². The second-order valence-electron chi connectivity index (χ2n) is 5.16. The van der Waals surface area contributed by atoms with E-state index >= 15 is 0 Å². The maximum absolute atomic E-state index is 6.10.